The van der Waals surface area contributed by atoms with E-state index in [1.807, 2.05) is 0 Å². The minimum absolute atomic E-state index is 0.503. The molecule has 0 unspecified atom stereocenters. The fourth-order valence-corrected chi connectivity index (χ4v) is 1.23. The van der Waals surface area contributed by atoms with Crippen molar-refractivity contribution in [2.75, 3.05) is 27.4 Å². The topological polar surface area (TPSA) is 99.4 Å². The van der Waals surface area contributed by atoms with Crippen LogP contribution in [0.2, 0.25) is 0 Å². The van der Waals surface area contributed by atoms with Crippen LogP contribution >= 0.6 is 0 Å². The Morgan fingerprint density at radius 2 is 1.14 bits per heavy atom. The van der Waals surface area contributed by atoms with Gasteiger partial charge in [0.1, 0.15) is 24.4 Å². The van der Waals surface area contributed by atoms with Crippen LogP contribution in [0.15, 0.2) is 0 Å². The Bertz CT molecular complexity index is 126. The Kier molecular flexibility index (Phi) is 6.98. The van der Waals surface area contributed by atoms with Crippen LogP contribution in [0.25, 0.3) is 0 Å². The molecule has 4 N–H and O–H groups in total. The lowest BCUT2D eigenvalue weighted by Gasteiger charge is -2.30. The van der Waals surface area contributed by atoms with E-state index in [0.717, 1.165) is 0 Å². The highest BCUT2D eigenvalue weighted by Gasteiger charge is 2.33. The molecular weight excluding hydrogens is 192 g/mol. The van der Waals surface area contributed by atoms with Crippen molar-refractivity contribution in [2.24, 2.45) is 0 Å². The summed E-state index contributed by atoms with van der Waals surface area (Å²) in [5.74, 6) is 0. The van der Waals surface area contributed by atoms with Crippen LogP contribution in [0.1, 0.15) is 0 Å². The summed E-state index contributed by atoms with van der Waals surface area (Å²) in [6.07, 6.45) is -4.09. The Balaban J connectivity index is 4.43. The molecule has 0 aliphatic heterocycles. The molecule has 0 heterocycles. The van der Waals surface area contributed by atoms with Crippen LogP contribution < -0.4 is 0 Å². The summed E-state index contributed by atoms with van der Waals surface area (Å²) in [7, 11) is 2.64. The van der Waals surface area contributed by atoms with Gasteiger partial charge in [0.25, 0.3) is 0 Å². The van der Waals surface area contributed by atoms with Crippen molar-refractivity contribution in [1.29, 1.82) is 0 Å². The van der Waals surface area contributed by atoms with Gasteiger partial charge in [-0.25, -0.2) is 0 Å². The van der Waals surface area contributed by atoms with Gasteiger partial charge >= 0.3 is 0 Å². The van der Waals surface area contributed by atoms with Gasteiger partial charge in [0.05, 0.1) is 13.2 Å². The van der Waals surface area contributed by atoms with Crippen molar-refractivity contribution in [3.63, 3.8) is 0 Å². The van der Waals surface area contributed by atoms with Gasteiger partial charge < -0.3 is 29.9 Å². The lowest BCUT2D eigenvalue weighted by molar-refractivity contribution is -0.149. The fourth-order valence-electron chi connectivity index (χ4n) is 1.23. The molecule has 0 saturated carbocycles. The molecule has 0 aromatic heterocycles. The molecule has 0 rings (SSSR count). The van der Waals surface area contributed by atoms with E-state index in [4.69, 9.17) is 19.7 Å². The number of methoxy groups -OCH3 is 2. The van der Waals surface area contributed by atoms with E-state index in [1.54, 1.807) is 0 Å². The van der Waals surface area contributed by atoms with E-state index in [1.165, 1.54) is 14.2 Å². The van der Waals surface area contributed by atoms with Crippen LogP contribution in [0.5, 0.6) is 0 Å². The van der Waals surface area contributed by atoms with Crippen molar-refractivity contribution in [3.05, 3.63) is 0 Å². The number of rotatable bonds is 7. The van der Waals surface area contributed by atoms with Gasteiger partial charge in [0.2, 0.25) is 0 Å². The van der Waals surface area contributed by atoms with Crippen LogP contribution in [0.4, 0.5) is 0 Å². The molecule has 0 fully saturated rings. The van der Waals surface area contributed by atoms with Crippen molar-refractivity contribution < 1.29 is 29.9 Å². The highest BCUT2D eigenvalue weighted by Crippen LogP contribution is 2.11. The van der Waals surface area contributed by atoms with E-state index < -0.39 is 37.6 Å². The first kappa shape index (κ1) is 13.8. The fraction of sp³-hybridized carbons (Fsp3) is 1.00. The molecule has 0 radical (unpaired) electrons. The minimum atomic E-state index is -1.16. The first-order valence-corrected chi connectivity index (χ1v) is 4.25. The average Bonchev–Trinajstić information content (AvgIpc) is 2.23. The molecule has 0 aliphatic rings. The molecule has 0 spiro atoms. The molecule has 6 nitrogen and oxygen atoms in total. The van der Waals surface area contributed by atoms with Crippen molar-refractivity contribution in [1.82, 2.24) is 0 Å². The summed E-state index contributed by atoms with van der Waals surface area (Å²) in [5, 5.41) is 36.0. The predicted molar refractivity (Wildman–Crippen MR) is 47.8 cm³/mol. The van der Waals surface area contributed by atoms with Gasteiger partial charge in [-0.15, -0.1) is 0 Å². The maximum absolute atomic E-state index is 9.32. The Labute approximate surface area is 82.7 Å². The maximum atomic E-state index is 9.32. The zero-order chi connectivity index (χ0) is 11.1. The van der Waals surface area contributed by atoms with Gasteiger partial charge in [-0.2, -0.15) is 0 Å². The van der Waals surface area contributed by atoms with E-state index in [2.05, 4.69) is 0 Å². The zero-order valence-corrected chi connectivity index (χ0v) is 8.33. The smallest absolute Gasteiger partial charge is 0.114 e. The maximum Gasteiger partial charge on any atom is 0.114 e. The van der Waals surface area contributed by atoms with Gasteiger partial charge in [-0.05, 0) is 0 Å². The molecule has 4 atom stereocenters. The second-order valence-electron chi connectivity index (χ2n) is 2.90. The third-order valence-electron chi connectivity index (χ3n) is 2.00. The average molecular weight is 210 g/mol. The van der Waals surface area contributed by atoms with Crippen LogP contribution in [0.3, 0.4) is 0 Å². The van der Waals surface area contributed by atoms with Crippen LogP contribution in [-0.4, -0.2) is 72.3 Å². The van der Waals surface area contributed by atoms with Gasteiger partial charge in [0, 0.05) is 14.2 Å². The summed E-state index contributed by atoms with van der Waals surface area (Å²) >= 11 is 0. The molecule has 0 amide bonds. The molecule has 0 aliphatic carbocycles. The molecule has 0 saturated heterocycles. The van der Waals surface area contributed by atoms with Crippen molar-refractivity contribution in [3.8, 4) is 0 Å². The zero-order valence-electron chi connectivity index (χ0n) is 8.33. The van der Waals surface area contributed by atoms with Crippen LogP contribution in [-0.2, 0) is 9.47 Å². The second kappa shape index (κ2) is 7.10. The normalized spacial score (nSPS) is 20.1. The van der Waals surface area contributed by atoms with E-state index in [-0.39, 0.29) is 0 Å². The molecule has 86 valence electrons. The van der Waals surface area contributed by atoms with E-state index >= 15 is 0 Å². The van der Waals surface area contributed by atoms with Crippen LogP contribution in [0, 0.1) is 0 Å². The lowest BCUT2D eigenvalue weighted by Crippen LogP contribution is -2.49. The number of aliphatic hydroxyl groups is 4. The van der Waals surface area contributed by atoms with Crippen molar-refractivity contribution >= 4 is 0 Å². The molecular formula is C8H18O6. The standard InChI is InChI=1S/C8H18O6/c1-13-7(5(11)3-9)8(14-2)6(12)4-10/h5-12H,3-4H2,1-2H3/t5-,6+,7+,8-. The summed E-state index contributed by atoms with van der Waals surface area (Å²) in [5.41, 5.74) is 0. The number of hydrogen-bond acceptors (Lipinski definition) is 6. The van der Waals surface area contributed by atoms with E-state index in [0.29, 0.717) is 0 Å². The van der Waals surface area contributed by atoms with E-state index in [9.17, 15) is 10.2 Å². The highest BCUT2D eigenvalue weighted by atomic mass is 16.5. The van der Waals surface area contributed by atoms with Gasteiger partial charge in [0.15, 0.2) is 0 Å². The molecule has 0 bridgehead atoms. The molecule has 14 heavy (non-hydrogen) atoms. The molecule has 0 aromatic rings. The third kappa shape index (κ3) is 3.49. The number of hydrogen-bond donors (Lipinski definition) is 4. The SMILES string of the molecule is CO[C@H]([C@H](OC)[C@@H](O)CO)[C@H](O)CO. The largest absolute Gasteiger partial charge is 0.394 e. The summed E-state index contributed by atoms with van der Waals surface area (Å²) in [4.78, 5) is 0. The Morgan fingerprint density at radius 1 is 0.857 bits per heavy atom. The summed E-state index contributed by atoms with van der Waals surface area (Å²) in [6.45, 7) is -1.01. The monoisotopic (exact) mass is 210 g/mol. The predicted octanol–water partition coefficient (Wildman–Crippen LogP) is -2.28. The Hall–Kier alpha value is -0.240. The number of ether oxygens (including phenoxy) is 2. The molecule has 0 aromatic carbocycles. The minimum Gasteiger partial charge on any atom is -0.394 e. The second-order valence-corrected chi connectivity index (χ2v) is 2.90. The summed E-state index contributed by atoms with van der Waals surface area (Å²) in [6, 6.07) is 0. The lowest BCUT2D eigenvalue weighted by atomic mass is 10.0. The first-order chi connectivity index (χ1) is 6.62. The Morgan fingerprint density at radius 3 is 1.29 bits per heavy atom. The highest BCUT2D eigenvalue weighted by molar-refractivity contribution is 4.82. The first-order valence-electron chi connectivity index (χ1n) is 4.25. The molecule has 6 heteroatoms. The van der Waals surface area contributed by atoms with Gasteiger partial charge in [-0.1, -0.05) is 0 Å². The van der Waals surface area contributed by atoms with Crippen molar-refractivity contribution in [2.45, 2.75) is 24.4 Å². The number of aliphatic hydroxyl groups excluding tert-OH is 4. The third-order valence-corrected chi connectivity index (χ3v) is 2.00. The van der Waals surface area contributed by atoms with Gasteiger partial charge in [-0.3, -0.25) is 0 Å². The summed E-state index contributed by atoms with van der Waals surface area (Å²) < 4.78 is 9.75. The quantitative estimate of drug-likeness (QED) is 0.378.